The van der Waals surface area contributed by atoms with Gasteiger partial charge < -0.3 is 9.05 Å². The topological polar surface area (TPSA) is 52.6 Å². The van der Waals surface area contributed by atoms with Gasteiger partial charge in [-0.25, -0.2) is 0 Å². The molecule has 0 heterocycles. The molecule has 0 aliphatic carbocycles. The zero-order valence-electron chi connectivity index (χ0n) is 14.1. The number of Topliss-reactive ketones (excluding diaryl/α,β-unsaturated/α-hetero) is 1. The van der Waals surface area contributed by atoms with Crippen molar-refractivity contribution in [3.8, 4) is 0 Å². The van der Waals surface area contributed by atoms with Crippen molar-refractivity contribution in [1.82, 2.24) is 0 Å². The SMILES string of the molecule is CCOP(=O)(Cc1ccc(C(=O)Cc2ccccc2)cc1)OCC. The monoisotopic (exact) mass is 346 g/mol. The molecule has 2 aromatic rings. The van der Waals surface area contributed by atoms with E-state index >= 15 is 0 Å². The Morgan fingerprint density at radius 1 is 0.875 bits per heavy atom. The molecule has 2 rings (SSSR count). The third-order valence-corrected chi connectivity index (χ3v) is 5.57. The molecule has 4 nitrogen and oxygen atoms in total. The molecule has 0 aromatic heterocycles. The highest BCUT2D eigenvalue weighted by Crippen LogP contribution is 2.51. The van der Waals surface area contributed by atoms with E-state index in [4.69, 9.17) is 9.05 Å². The summed E-state index contributed by atoms with van der Waals surface area (Å²) in [7, 11) is -3.12. The molecule has 0 saturated carbocycles. The van der Waals surface area contributed by atoms with Crippen molar-refractivity contribution < 1.29 is 18.4 Å². The fourth-order valence-corrected chi connectivity index (χ4v) is 4.13. The first-order valence-corrected chi connectivity index (χ1v) is 9.83. The van der Waals surface area contributed by atoms with Crippen LogP contribution in [0.2, 0.25) is 0 Å². The highest BCUT2D eigenvalue weighted by molar-refractivity contribution is 7.53. The standard InChI is InChI=1S/C19H23O4P/c1-3-22-24(21,23-4-2)15-17-10-12-18(13-11-17)19(20)14-16-8-6-5-7-9-16/h5-13H,3-4,14-15H2,1-2H3. The maximum Gasteiger partial charge on any atom is 0.335 e. The summed E-state index contributed by atoms with van der Waals surface area (Å²) in [6, 6.07) is 16.8. The van der Waals surface area contributed by atoms with Crippen molar-refractivity contribution in [1.29, 1.82) is 0 Å². The minimum absolute atomic E-state index is 0.0607. The number of carbonyl (C=O) groups excluding carboxylic acids is 1. The van der Waals surface area contributed by atoms with Crippen molar-refractivity contribution in [2.45, 2.75) is 26.4 Å². The zero-order chi connectivity index (χ0) is 17.4. The molecule has 0 aliphatic heterocycles. The molecular formula is C19H23O4P. The Kier molecular flexibility index (Phi) is 6.92. The first kappa shape index (κ1) is 18.6. The minimum atomic E-state index is -3.12. The van der Waals surface area contributed by atoms with Crippen LogP contribution in [0.5, 0.6) is 0 Å². The lowest BCUT2D eigenvalue weighted by Crippen LogP contribution is -2.04. The van der Waals surface area contributed by atoms with Crippen molar-refractivity contribution in [3.05, 3.63) is 71.3 Å². The first-order valence-electron chi connectivity index (χ1n) is 8.10. The van der Waals surface area contributed by atoms with Gasteiger partial charge in [0.1, 0.15) is 0 Å². The molecule has 2 aromatic carbocycles. The summed E-state index contributed by atoms with van der Waals surface area (Å²) in [5, 5.41) is 0. The maximum atomic E-state index is 12.5. The summed E-state index contributed by atoms with van der Waals surface area (Å²) in [5.74, 6) is 0.0607. The van der Waals surface area contributed by atoms with E-state index in [0.29, 0.717) is 25.2 Å². The second kappa shape index (κ2) is 8.93. The molecule has 24 heavy (non-hydrogen) atoms. The summed E-state index contributed by atoms with van der Waals surface area (Å²) in [6.07, 6.45) is 0.582. The number of ketones is 1. The van der Waals surface area contributed by atoms with Gasteiger partial charge in [0.15, 0.2) is 5.78 Å². The van der Waals surface area contributed by atoms with E-state index in [1.165, 1.54) is 0 Å². The second-order valence-corrected chi connectivity index (χ2v) is 7.44. The Labute approximate surface area is 143 Å². The Balaban J connectivity index is 2.04. The van der Waals surface area contributed by atoms with Crippen LogP contribution in [0.25, 0.3) is 0 Å². The van der Waals surface area contributed by atoms with Gasteiger partial charge in [-0.3, -0.25) is 9.36 Å². The summed E-state index contributed by atoms with van der Waals surface area (Å²) in [6.45, 7) is 4.25. The molecule has 0 spiro atoms. The van der Waals surface area contributed by atoms with E-state index in [-0.39, 0.29) is 11.9 Å². The Bertz CT molecular complexity index is 685. The van der Waals surface area contributed by atoms with Crippen molar-refractivity contribution in [2.24, 2.45) is 0 Å². The second-order valence-electron chi connectivity index (χ2n) is 5.39. The van der Waals surface area contributed by atoms with Gasteiger partial charge in [0, 0.05) is 12.0 Å². The lowest BCUT2D eigenvalue weighted by molar-refractivity contribution is 0.0993. The predicted molar refractivity (Wildman–Crippen MR) is 95.5 cm³/mol. The van der Waals surface area contributed by atoms with Crippen molar-refractivity contribution in [2.75, 3.05) is 13.2 Å². The number of rotatable bonds is 9. The summed E-state index contributed by atoms with van der Waals surface area (Å²) >= 11 is 0. The Hall–Kier alpha value is -1.74. The van der Waals surface area contributed by atoms with Crippen molar-refractivity contribution in [3.63, 3.8) is 0 Å². The van der Waals surface area contributed by atoms with Crippen LogP contribution in [-0.2, 0) is 26.2 Å². The smallest absolute Gasteiger partial charge is 0.309 e. The van der Waals surface area contributed by atoms with Gasteiger partial charge in [-0.15, -0.1) is 0 Å². The van der Waals surface area contributed by atoms with Crippen LogP contribution in [0.1, 0.15) is 35.3 Å². The Morgan fingerprint density at radius 3 is 2.00 bits per heavy atom. The minimum Gasteiger partial charge on any atom is -0.309 e. The van der Waals surface area contributed by atoms with Crippen LogP contribution in [0, 0.1) is 0 Å². The molecule has 0 unspecified atom stereocenters. The van der Waals surface area contributed by atoms with Gasteiger partial charge in [-0.2, -0.15) is 0 Å². The van der Waals surface area contributed by atoms with Crippen LogP contribution in [-0.4, -0.2) is 19.0 Å². The van der Waals surface area contributed by atoms with Gasteiger partial charge in [-0.05, 0) is 25.0 Å². The average Bonchev–Trinajstić information content (AvgIpc) is 2.56. The summed E-state index contributed by atoms with van der Waals surface area (Å²) < 4.78 is 23.1. The number of hydrogen-bond acceptors (Lipinski definition) is 4. The molecule has 0 saturated heterocycles. The summed E-state index contributed by atoms with van der Waals surface area (Å²) in [4.78, 5) is 12.3. The number of benzene rings is 2. The van der Waals surface area contributed by atoms with Gasteiger partial charge in [0.2, 0.25) is 0 Å². The molecule has 0 fully saturated rings. The van der Waals surface area contributed by atoms with Crippen molar-refractivity contribution >= 4 is 13.4 Å². The zero-order valence-corrected chi connectivity index (χ0v) is 15.0. The lowest BCUT2D eigenvalue weighted by Gasteiger charge is -2.17. The quantitative estimate of drug-likeness (QED) is 0.480. The molecule has 0 radical (unpaired) electrons. The van der Waals surface area contributed by atoms with E-state index in [1.807, 2.05) is 42.5 Å². The molecule has 128 valence electrons. The average molecular weight is 346 g/mol. The third-order valence-electron chi connectivity index (χ3n) is 3.51. The fourth-order valence-electron chi connectivity index (χ4n) is 2.42. The molecule has 0 bridgehead atoms. The maximum absolute atomic E-state index is 12.5. The van der Waals surface area contributed by atoms with E-state index in [9.17, 15) is 9.36 Å². The lowest BCUT2D eigenvalue weighted by atomic mass is 10.0. The number of carbonyl (C=O) groups is 1. The number of hydrogen-bond donors (Lipinski definition) is 0. The predicted octanol–water partition coefficient (Wildman–Crippen LogP) is 4.88. The van der Waals surface area contributed by atoms with E-state index in [2.05, 4.69) is 0 Å². The van der Waals surface area contributed by atoms with Gasteiger partial charge >= 0.3 is 7.60 Å². The van der Waals surface area contributed by atoms with Crippen LogP contribution in [0.4, 0.5) is 0 Å². The highest BCUT2D eigenvalue weighted by Gasteiger charge is 2.24. The van der Waals surface area contributed by atoms with Gasteiger partial charge in [0.05, 0.1) is 19.4 Å². The molecular weight excluding hydrogens is 323 g/mol. The normalized spacial score (nSPS) is 11.4. The third kappa shape index (κ3) is 5.41. The molecule has 0 N–H and O–H groups in total. The van der Waals surface area contributed by atoms with Gasteiger partial charge in [-0.1, -0.05) is 54.6 Å². The molecule has 0 atom stereocenters. The van der Waals surface area contributed by atoms with Crippen LogP contribution >= 0.6 is 7.60 Å². The highest BCUT2D eigenvalue weighted by atomic mass is 31.2. The van der Waals surface area contributed by atoms with Crippen LogP contribution in [0.15, 0.2) is 54.6 Å². The first-order chi connectivity index (χ1) is 11.6. The van der Waals surface area contributed by atoms with Crippen LogP contribution in [0.3, 0.4) is 0 Å². The molecule has 0 amide bonds. The van der Waals surface area contributed by atoms with E-state index < -0.39 is 7.60 Å². The largest absolute Gasteiger partial charge is 0.335 e. The fraction of sp³-hybridized carbons (Fsp3) is 0.316. The van der Waals surface area contributed by atoms with E-state index in [0.717, 1.165) is 11.1 Å². The van der Waals surface area contributed by atoms with Gasteiger partial charge in [0.25, 0.3) is 0 Å². The molecule has 5 heteroatoms. The summed E-state index contributed by atoms with van der Waals surface area (Å²) in [5.41, 5.74) is 2.46. The Morgan fingerprint density at radius 2 is 1.46 bits per heavy atom. The molecule has 0 aliphatic rings. The van der Waals surface area contributed by atoms with Crippen LogP contribution < -0.4 is 0 Å². The van der Waals surface area contributed by atoms with E-state index in [1.54, 1.807) is 26.0 Å².